The molecule has 0 aromatic heterocycles. The highest BCUT2D eigenvalue weighted by Crippen LogP contribution is 2.30. The highest BCUT2D eigenvalue weighted by molar-refractivity contribution is 6.02. The molecule has 1 aliphatic rings. The highest BCUT2D eigenvalue weighted by Gasteiger charge is 2.47. The zero-order chi connectivity index (χ0) is 13.2. The predicted molar refractivity (Wildman–Crippen MR) is 60.7 cm³/mol. The van der Waals surface area contributed by atoms with Crippen molar-refractivity contribution in [3.63, 3.8) is 0 Å². The normalized spacial score (nSPS) is 19.9. The Labute approximate surface area is 101 Å². The SMILES string of the molecule is CCC(=O)OC1CC(=O)N1C(=O)C(C)(C)CC. The Morgan fingerprint density at radius 3 is 2.41 bits per heavy atom. The van der Waals surface area contributed by atoms with Crippen LogP contribution < -0.4 is 0 Å². The molecule has 0 N–H and O–H groups in total. The van der Waals surface area contributed by atoms with Crippen molar-refractivity contribution >= 4 is 17.8 Å². The van der Waals surface area contributed by atoms with E-state index in [4.69, 9.17) is 4.74 Å². The van der Waals surface area contributed by atoms with Crippen LogP contribution in [0.4, 0.5) is 0 Å². The monoisotopic (exact) mass is 241 g/mol. The zero-order valence-electron chi connectivity index (χ0n) is 10.8. The van der Waals surface area contributed by atoms with Crippen LogP contribution in [0.5, 0.6) is 0 Å². The molecule has 5 heteroatoms. The van der Waals surface area contributed by atoms with Gasteiger partial charge in [0.25, 0.3) is 0 Å². The van der Waals surface area contributed by atoms with Gasteiger partial charge in [0.2, 0.25) is 11.8 Å². The van der Waals surface area contributed by atoms with E-state index in [-0.39, 0.29) is 24.7 Å². The molecule has 5 nitrogen and oxygen atoms in total. The Morgan fingerprint density at radius 2 is 2.00 bits per heavy atom. The zero-order valence-corrected chi connectivity index (χ0v) is 10.8. The summed E-state index contributed by atoms with van der Waals surface area (Å²) in [6, 6.07) is 0. The van der Waals surface area contributed by atoms with Gasteiger partial charge >= 0.3 is 5.97 Å². The van der Waals surface area contributed by atoms with E-state index in [1.165, 1.54) is 0 Å². The molecule has 1 fully saturated rings. The van der Waals surface area contributed by atoms with Gasteiger partial charge in [-0.25, -0.2) is 4.90 Å². The molecule has 1 heterocycles. The van der Waals surface area contributed by atoms with Crippen molar-refractivity contribution in [2.75, 3.05) is 0 Å². The first-order valence-corrected chi connectivity index (χ1v) is 5.89. The number of hydrogen-bond acceptors (Lipinski definition) is 4. The second kappa shape index (κ2) is 4.85. The summed E-state index contributed by atoms with van der Waals surface area (Å²) in [5.41, 5.74) is -0.604. The van der Waals surface area contributed by atoms with E-state index in [0.717, 1.165) is 4.90 Å². The summed E-state index contributed by atoms with van der Waals surface area (Å²) in [6.45, 7) is 7.11. The lowest BCUT2D eigenvalue weighted by molar-refractivity contribution is -0.191. The quantitative estimate of drug-likeness (QED) is 0.552. The molecule has 0 aromatic rings. The maximum atomic E-state index is 12.1. The first-order valence-electron chi connectivity index (χ1n) is 5.89. The van der Waals surface area contributed by atoms with Crippen molar-refractivity contribution < 1.29 is 19.1 Å². The second-order valence-corrected chi connectivity index (χ2v) is 4.81. The molecule has 0 bridgehead atoms. The highest BCUT2D eigenvalue weighted by atomic mass is 16.6. The molecule has 2 amide bonds. The second-order valence-electron chi connectivity index (χ2n) is 4.81. The Hall–Kier alpha value is -1.39. The Bertz CT molecular complexity index is 348. The maximum absolute atomic E-state index is 12.1. The van der Waals surface area contributed by atoms with Crippen LogP contribution in [0.3, 0.4) is 0 Å². The number of imide groups is 1. The van der Waals surface area contributed by atoms with Gasteiger partial charge in [-0.1, -0.05) is 27.7 Å². The predicted octanol–water partition coefficient (Wildman–Crippen LogP) is 1.46. The third-order valence-electron chi connectivity index (χ3n) is 3.14. The number of carbonyl (C=O) groups is 3. The van der Waals surface area contributed by atoms with E-state index in [0.29, 0.717) is 6.42 Å². The molecule has 17 heavy (non-hydrogen) atoms. The summed E-state index contributed by atoms with van der Waals surface area (Å²) in [6.07, 6.45) is 0.277. The number of amides is 2. The summed E-state index contributed by atoms with van der Waals surface area (Å²) in [4.78, 5) is 35.7. The van der Waals surface area contributed by atoms with E-state index in [1.807, 2.05) is 6.92 Å². The van der Waals surface area contributed by atoms with E-state index >= 15 is 0 Å². The smallest absolute Gasteiger partial charge is 0.307 e. The van der Waals surface area contributed by atoms with Crippen molar-refractivity contribution in [1.82, 2.24) is 4.90 Å². The van der Waals surface area contributed by atoms with E-state index in [2.05, 4.69) is 0 Å². The Balaban J connectivity index is 2.72. The molecular formula is C12H19NO4. The molecule has 96 valence electrons. The average molecular weight is 241 g/mol. The van der Waals surface area contributed by atoms with E-state index in [1.54, 1.807) is 20.8 Å². The molecule has 0 spiro atoms. The van der Waals surface area contributed by atoms with Crippen molar-refractivity contribution in [2.24, 2.45) is 5.41 Å². The van der Waals surface area contributed by atoms with E-state index in [9.17, 15) is 14.4 Å². The topological polar surface area (TPSA) is 63.7 Å². The molecule has 0 aromatic carbocycles. The van der Waals surface area contributed by atoms with Crippen LogP contribution in [-0.2, 0) is 19.1 Å². The van der Waals surface area contributed by atoms with Gasteiger partial charge in [0.15, 0.2) is 6.23 Å². The van der Waals surface area contributed by atoms with Gasteiger partial charge in [0.05, 0.1) is 6.42 Å². The molecule has 1 unspecified atom stereocenters. The van der Waals surface area contributed by atoms with Crippen LogP contribution in [-0.4, -0.2) is 28.9 Å². The van der Waals surface area contributed by atoms with Crippen molar-refractivity contribution in [1.29, 1.82) is 0 Å². The lowest BCUT2D eigenvalue weighted by Gasteiger charge is -2.41. The molecule has 0 saturated carbocycles. The van der Waals surface area contributed by atoms with Crippen molar-refractivity contribution in [3.05, 3.63) is 0 Å². The van der Waals surface area contributed by atoms with Gasteiger partial charge in [0, 0.05) is 11.8 Å². The standard InChI is InChI=1S/C12H19NO4/c1-5-10(15)17-9-7-8(14)13(9)11(16)12(3,4)6-2/h9H,5-7H2,1-4H3. The molecular weight excluding hydrogens is 222 g/mol. The summed E-state index contributed by atoms with van der Waals surface area (Å²) < 4.78 is 5.02. The number of likely N-dealkylation sites (tertiary alicyclic amines) is 1. The van der Waals surface area contributed by atoms with Gasteiger partial charge in [-0.15, -0.1) is 0 Å². The number of rotatable bonds is 4. The van der Waals surface area contributed by atoms with Crippen LogP contribution in [0.2, 0.25) is 0 Å². The largest absolute Gasteiger partial charge is 0.440 e. The Morgan fingerprint density at radius 1 is 1.41 bits per heavy atom. The molecule has 1 aliphatic heterocycles. The van der Waals surface area contributed by atoms with Crippen LogP contribution in [0.15, 0.2) is 0 Å². The van der Waals surface area contributed by atoms with Gasteiger partial charge in [-0.3, -0.25) is 14.4 Å². The number of esters is 1. The first-order chi connectivity index (χ1) is 7.83. The van der Waals surface area contributed by atoms with Crippen LogP contribution in [0, 0.1) is 5.41 Å². The maximum Gasteiger partial charge on any atom is 0.307 e. The first kappa shape index (κ1) is 13.7. The minimum absolute atomic E-state index is 0.108. The number of β-lactam (4-membered cyclic amide) rings is 1. The number of nitrogens with zero attached hydrogens (tertiary/aromatic N) is 1. The van der Waals surface area contributed by atoms with Crippen molar-refractivity contribution in [3.8, 4) is 0 Å². The van der Waals surface area contributed by atoms with Gasteiger partial charge in [-0.2, -0.15) is 0 Å². The van der Waals surface area contributed by atoms with E-state index < -0.39 is 17.6 Å². The molecule has 1 rings (SSSR count). The lowest BCUT2D eigenvalue weighted by Crippen LogP contribution is -2.60. The van der Waals surface area contributed by atoms with Crippen LogP contribution in [0.25, 0.3) is 0 Å². The fourth-order valence-electron chi connectivity index (χ4n) is 1.44. The van der Waals surface area contributed by atoms with Crippen LogP contribution >= 0.6 is 0 Å². The molecule has 1 saturated heterocycles. The van der Waals surface area contributed by atoms with Gasteiger partial charge in [-0.05, 0) is 6.42 Å². The third kappa shape index (κ3) is 2.65. The van der Waals surface area contributed by atoms with Gasteiger partial charge in [0.1, 0.15) is 0 Å². The summed E-state index contributed by atoms with van der Waals surface area (Å²) in [5, 5.41) is 0. The fourth-order valence-corrected chi connectivity index (χ4v) is 1.44. The molecule has 0 radical (unpaired) electrons. The molecule has 1 atom stereocenters. The minimum Gasteiger partial charge on any atom is -0.440 e. The minimum atomic E-state index is -0.701. The summed E-state index contributed by atoms with van der Waals surface area (Å²) in [5.74, 6) is -0.940. The Kier molecular flexibility index (Phi) is 3.91. The molecule has 0 aliphatic carbocycles. The third-order valence-corrected chi connectivity index (χ3v) is 3.14. The van der Waals surface area contributed by atoms with Crippen molar-refractivity contribution in [2.45, 2.75) is 53.2 Å². The number of ether oxygens (including phenoxy) is 1. The van der Waals surface area contributed by atoms with Crippen LogP contribution in [0.1, 0.15) is 47.0 Å². The fraction of sp³-hybridized carbons (Fsp3) is 0.750. The average Bonchev–Trinajstić information content (AvgIpc) is 2.27. The van der Waals surface area contributed by atoms with Gasteiger partial charge < -0.3 is 4.74 Å². The number of carbonyl (C=O) groups excluding carboxylic acids is 3. The number of hydrogen-bond donors (Lipinski definition) is 0. The summed E-state index contributed by atoms with van der Waals surface area (Å²) in [7, 11) is 0. The summed E-state index contributed by atoms with van der Waals surface area (Å²) >= 11 is 0. The lowest BCUT2D eigenvalue weighted by atomic mass is 9.87.